The van der Waals surface area contributed by atoms with Crippen molar-refractivity contribution >= 4 is 18.1 Å². The van der Waals surface area contributed by atoms with E-state index < -0.39 is 22.8 Å². The summed E-state index contributed by atoms with van der Waals surface area (Å²) < 4.78 is 10.7. The van der Waals surface area contributed by atoms with Crippen molar-refractivity contribution in [3.8, 4) is 0 Å². The summed E-state index contributed by atoms with van der Waals surface area (Å²) in [5.74, 6) is 0.392. The molecule has 0 aromatic carbocycles. The minimum Gasteiger partial charge on any atom is -0.444 e. The fourth-order valence-corrected chi connectivity index (χ4v) is 2.44. The van der Waals surface area contributed by atoms with Gasteiger partial charge in [-0.2, -0.15) is 0 Å². The summed E-state index contributed by atoms with van der Waals surface area (Å²) in [7, 11) is 0. The number of nitrogens with zero attached hydrogens (tertiary/aromatic N) is 3. The molecule has 0 bridgehead atoms. The van der Waals surface area contributed by atoms with E-state index in [1.165, 1.54) is 0 Å². The summed E-state index contributed by atoms with van der Waals surface area (Å²) in [6.45, 7) is 17.2. The zero-order valence-electron chi connectivity index (χ0n) is 18.6. The van der Waals surface area contributed by atoms with Gasteiger partial charge in [-0.1, -0.05) is 0 Å². The first-order valence-electron chi connectivity index (χ1n) is 9.62. The molecule has 1 aliphatic heterocycles. The van der Waals surface area contributed by atoms with E-state index in [4.69, 9.17) is 15.2 Å². The molecule has 9 nitrogen and oxygen atoms in total. The molecule has 162 valence electrons. The van der Waals surface area contributed by atoms with Crippen LogP contribution in [0.2, 0.25) is 0 Å². The van der Waals surface area contributed by atoms with Gasteiger partial charge in [-0.3, -0.25) is 4.99 Å². The highest BCUT2D eigenvalue weighted by atomic mass is 16.6. The summed E-state index contributed by atoms with van der Waals surface area (Å²) in [6, 6.07) is 0. The van der Waals surface area contributed by atoms with E-state index in [-0.39, 0.29) is 6.09 Å². The van der Waals surface area contributed by atoms with Crippen molar-refractivity contribution < 1.29 is 19.1 Å². The van der Waals surface area contributed by atoms with E-state index in [0.717, 1.165) is 0 Å². The second-order valence-electron chi connectivity index (χ2n) is 9.64. The summed E-state index contributed by atoms with van der Waals surface area (Å²) >= 11 is 0. The van der Waals surface area contributed by atoms with Crippen molar-refractivity contribution in [1.82, 2.24) is 15.1 Å². The molecule has 1 saturated heterocycles. The number of hydrogen-bond acceptors (Lipinski definition) is 5. The van der Waals surface area contributed by atoms with Crippen LogP contribution in [0.3, 0.4) is 0 Å². The van der Waals surface area contributed by atoms with Crippen molar-refractivity contribution in [3.63, 3.8) is 0 Å². The molecule has 0 unspecified atom stereocenters. The highest BCUT2D eigenvalue weighted by Crippen LogP contribution is 2.13. The smallest absolute Gasteiger partial charge is 0.410 e. The quantitative estimate of drug-likeness (QED) is 0.556. The molecule has 1 aliphatic rings. The largest absolute Gasteiger partial charge is 0.444 e. The minimum atomic E-state index is -0.606. The van der Waals surface area contributed by atoms with Crippen molar-refractivity contribution in [3.05, 3.63) is 0 Å². The molecule has 1 heterocycles. The number of carbonyl (C=O) groups is 2. The number of amides is 2. The van der Waals surface area contributed by atoms with E-state index in [0.29, 0.717) is 38.7 Å². The number of nitrogens with two attached hydrogens (primary N) is 1. The lowest BCUT2D eigenvalue weighted by Gasteiger charge is -2.36. The van der Waals surface area contributed by atoms with E-state index in [2.05, 4.69) is 10.3 Å². The number of carbonyl (C=O) groups excluding carboxylic acids is 2. The molecule has 1 rings (SSSR count). The lowest BCUT2D eigenvalue weighted by atomic mass is 10.1. The molecule has 9 heteroatoms. The molecule has 0 saturated carbocycles. The molecule has 1 fully saturated rings. The van der Waals surface area contributed by atoms with Crippen LogP contribution in [0.5, 0.6) is 0 Å². The number of alkyl carbamates (subject to hydrolysis) is 1. The normalized spacial score (nSPS) is 16.6. The third kappa shape index (κ3) is 9.14. The minimum absolute atomic E-state index is 0.310. The Morgan fingerprint density at radius 1 is 0.893 bits per heavy atom. The van der Waals surface area contributed by atoms with Gasteiger partial charge in [0.05, 0.1) is 12.1 Å². The van der Waals surface area contributed by atoms with Gasteiger partial charge >= 0.3 is 12.2 Å². The lowest BCUT2D eigenvalue weighted by Crippen LogP contribution is -2.54. The number of guanidine groups is 1. The maximum atomic E-state index is 12.1. The topological polar surface area (TPSA) is 109 Å². The Morgan fingerprint density at radius 3 is 1.82 bits per heavy atom. The molecule has 0 aromatic rings. The molecular weight excluding hydrogens is 362 g/mol. The zero-order chi connectivity index (χ0) is 21.8. The molecule has 0 aromatic heterocycles. The lowest BCUT2D eigenvalue weighted by molar-refractivity contribution is 0.0186. The molecule has 28 heavy (non-hydrogen) atoms. The van der Waals surface area contributed by atoms with Crippen molar-refractivity contribution in [2.75, 3.05) is 32.7 Å². The molecule has 0 spiro atoms. The fraction of sp³-hybridized carbons (Fsp3) is 0.842. The molecule has 2 amide bonds. The zero-order valence-corrected chi connectivity index (χ0v) is 18.6. The maximum Gasteiger partial charge on any atom is 0.410 e. The Kier molecular flexibility index (Phi) is 7.56. The van der Waals surface area contributed by atoms with Crippen LogP contribution in [0.1, 0.15) is 55.4 Å². The highest BCUT2D eigenvalue weighted by molar-refractivity contribution is 5.78. The molecular formula is C19H37N5O4. The molecule has 0 atom stereocenters. The van der Waals surface area contributed by atoms with Gasteiger partial charge < -0.3 is 30.3 Å². The van der Waals surface area contributed by atoms with E-state index in [1.807, 2.05) is 60.3 Å². The van der Waals surface area contributed by atoms with Gasteiger partial charge in [0.1, 0.15) is 11.2 Å². The Morgan fingerprint density at radius 2 is 1.36 bits per heavy atom. The second kappa shape index (κ2) is 8.87. The van der Waals surface area contributed by atoms with Crippen LogP contribution in [0, 0.1) is 0 Å². The number of nitrogens with one attached hydrogen (secondary N) is 1. The first-order valence-corrected chi connectivity index (χ1v) is 9.62. The predicted octanol–water partition coefficient (Wildman–Crippen LogP) is 2.16. The maximum absolute atomic E-state index is 12.1. The van der Waals surface area contributed by atoms with Gasteiger partial charge in [-0.05, 0) is 55.4 Å². The SMILES string of the molecule is CC(C)(CN=C(N)N1CCN(C(=O)OC(C)(C)C)CC1)NC(=O)OC(C)(C)C. The van der Waals surface area contributed by atoms with Crippen LogP contribution in [0.25, 0.3) is 0 Å². The number of piperazine rings is 1. The fourth-order valence-electron chi connectivity index (χ4n) is 2.44. The van der Waals surface area contributed by atoms with Crippen LogP contribution < -0.4 is 11.1 Å². The monoisotopic (exact) mass is 399 g/mol. The van der Waals surface area contributed by atoms with Crippen LogP contribution >= 0.6 is 0 Å². The Labute approximate surface area is 168 Å². The molecule has 0 radical (unpaired) electrons. The third-order valence-electron chi connectivity index (χ3n) is 3.73. The van der Waals surface area contributed by atoms with Crippen LogP contribution in [0.15, 0.2) is 4.99 Å². The van der Waals surface area contributed by atoms with E-state index >= 15 is 0 Å². The van der Waals surface area contributed by atoms with Crippen molar-refractivity contribution in [2.45, 2.75) is 72.1 Å². The number of rotatable bonds is 3. The van der Waals surface area contributed by atoms with Crippen LogP contribution in [-0.4, -0.2) is 77.4 Å². The number of ether oxygens (including phenoxy) is 2. The number of aliphatic imine (C=N–C) groups is 1. The van der Waals surface area contributed by atoms with Gasteiger partial charge in [-0.15, -0.1) is 0 Å². The van der Waals surface area contributed by atoms with Crippen molar-refractivity contribution in [1.29, 1.82) is 0 Å². The average Bonchev–Trinajstić information content (AvgIpc) is 2.48. The summed E-state index contributed by atoms with van der Waals surface area (Å²) in [6.07, 6.45) is -0.803. The first-order chi connectivity index (χ1) is 12.6. The Balaban J connectivity index is 2.52. The number of hydrogen-bond donors (Lipinski definition) is 2. The van der Waals surface area contributed by atoms with Gasteiger partial charge in [0.15, 0.2) is 5.96 Å². The summed E-state index contributed by atoms with van der Waals surface area (Å²) in [5, 5.41) is 2.80. The summed E-state index contributed by atoms with van der Waals surface area (Å²) in [5.41, 5.74) is 4.43. The van der Waals surface area contributed by atoms with Gasteiger partial charge in [0.25, 0.3) is 0 Å². The molecule has 3 N–H and O–H groups in total. The molecule has 0 aliphatic carbocycles. The summed E-state index contributed by atoms with van der Waals surface area (Å²) in [4.78, 5) is 32.1. The van der Waals surface area contributed by atoms with Gasteiger partial charge in [-0.25, -0.2) is 9.59 Å². The van der Waals surface area contributed by atoms with Crippen molar-refractivity contribution in [2.24, 2.45) is 10.7 Å². The third-order valence-corrected chi connectivity index (χ3v) is 3.73. The Bertz CT molecular complexity index is 582. The van der Waals surface area contributed by atoms with Crippen LogP contribution in [0.4, 0.5) is 9.59 Å². The van der Waals surface area contributed by atoms with Gasteiger partial charge in [0, 0.05) is 26.2 Å². The Hall–Kier alpha value is -2.19. The predicted molar refractivity (Wildman–Crippen MR) is 109 cm³/mol. The van der Waals surface area contributed by atoms with Crippen LogP contribution in [-0.2, 0) is 9.47 Å². The van der Waals surface area contributed by atoms with E-state index in [1.54, 1.807) is 4.90 Å². The highest BCUT2D eigenvalue weighted by Gasteiger charge is 2.28. The standard InChI is InChI=1S/C19H37N5O4/c1-17(2,3)27-15(25)22-19(7,8)13-21-14(20)23-9-11-24(12-10-23)16(26)28-18(4,5)6/h9-13H2,1-8H3,(H2,20,21)(H,22,25). The van der Waals surface area contributed by atoms with Gasteiger partial charge in [0.2, 0.25) is 0 Å². The second-order valence-corrected chi connectivity index (χ2v) is 9.64. The average molecular weight is 400 g/mol. The first kappa shape index (κ1) is 23.8. The van der Waals surface area contributed by atoms with E-state index in [9.17, 15) is 9.59 Å².